The maximum absolute atomic E-state index is 13.1. The van der Waals surface area contributed by atoms with Gasteiger partial charge in [-0.15, -0.1) is 0 Å². The molecule has 0 aliphatic carbocycles. The van der Waals surface area contributed by atoms with Gasteiger partial charge in [0.2, 0.25) is 5.91 Å². The predicted octanol–water partition coefficient (Wildman–Crippen LogP) is 3.01. The molecule has 1 saturated heterocycles. The summed E-state index contributed by atoms with van der Waals surface area (Å²) in [4.78, 5) is 19.6. The summed E-state index contributed by atoms with van der Waals surface area (Å²) in [6, 6.07) is 11.8. The van der Waals surface area contributed by atoms with E-state index in [0.717, 1.165) is 42.1 Å². The molecule has 2 aromatic rings. The number of nitrogens with zero attached hydrogens (tertiary/aromatic N) is 2. The second-order valence-electron chi connectivity index (χ2n) is 6.63. The monoisotopic (exact) mass is 338 g/mol. The molecule has 1 aromatic heterocycles. The van der Waals surface area contributed by atoms with Gasteiger partial charge < -0.3 is 14.4 Å². The van der Waals surface area contributed by atoms with Crippen LogP contribution in [-0.4, -0.2) is 36.1 Å². The van der Waals surface area contributed by atoms with Crippen LogP contribution in [0.3, 0.4) is 0 Å². The molecule has 1 aromatic carbocycles. The molecule has 5 heteroatoms. The van der Waals surface area contributed by atoms with Gasteiger partial charge in [0.25, 0.3) is 0 Å². The van der Waals surface area contributed by atoms with Crippen molar-refractivity contribution in [2.45, 2.75) is 25.3 Å². The van der Waals surface area contributed by atoms with E-state index in [1.54, 1.807) is 13.3 Å². The van der Waals surface area contributed by atoms with E-state index < -0.39 is 0 Å². The summed E-state index contributed by atoms with van der Waals surface area (Å²) in [5, 5.41) is 0. The molecule has 5 nitrogen and oxygen atoms in total. The number of ether oxygens (including phenoxy) is 2. The molecular weight excluding hydrogens is 316 g/mol. The van der Waals surface area contributed by atoms with Crippen LogP contribution in [0.5, 0.6) is 11.5 Å². The summed E-state index contributed by atoms with van der Waals surface area (Å²) in [6.45, 7) is 1.22. The molecule has 2 aliphatic rings. The highest BCUT2D eigenvalue weighted by Gasteiger charge is 2.36. The van der Waals surface area contributed by atoms with Crippen molar-refractivity contribution in [1.29, 1.82) is 0 Å². The Labute approximate surface area is 147 Å². The van der Waals surface area contributed by atoms with E-state index in [4.69, 9.17) is 9.47 Å². The first-order valence-corrected chi connectivity index (χ1v) is 8.77. The van der Waals surface area contributed by atoms with Crippen molar-refractivity contribution in [1.82, 2.24) is 9.88 Å². The van der Waals surface area contributed by atoms with Crippen LogP contribution < -0.4 is 9.47 Å². The molecule has 3 heterocycles. The Hall–Kier alpha value is -2.56. The lowest BCUT2D eigenvalue weighted by molar-refractivity contribution is -0.138. The Kier molecular flexibility index (Phi) is 4.30. The number of carbonyl (C=O) groups is 1. The number of fused-ring (bicyclic) bond motifs is 1. The van der Waals surface area contributed by atoms with E-state index in [1.807, 2.05) is 41.3 Å². The Bertz CT molecular complexity index is 763. The summed E-state index contributed by atoms with van der Waals surface area (Å²) in [7, 11) is 1.64. The number of likely N-dealkylation sites (tertiary alicyclic amines) is 1. The van der Waals surface area contributed by atoms with E-state index in [-0.39, 0.29) is 17.9 Å². The van der Waals surface area contributed by atoms with E-state index in [2.05, 4.69) is 4.98 Å². The number of benzene rings is 1. The zero-order valence-electron chi connectivity index (χ0n) is 14.4. The maximum atomic E-state index is 13.1. The molecule has 4 rings (SSSR count). The van der Waals surface area contributed by atoms with Crippen LogP contribution in [0, 0.1) is 5.92 Å². The minimum Gasteiger partial charge on any atom is -0.497 e. The van der Waals surface area contributed by atoms with E-state index in [1.165, 1.54) is 0 Å². The van der Waals surface area contributed by atoms with Gasteiger partial charge in [-0.2, -0.15) is 0 Å². The van der Waals surface area contributed by atoms with Crippen molar-refractivity contribution in [3.63, 3.8) is 0 Å². The highest BCUT2D eigenvalue weighted by Crippen LogP contribution is 2.35. The van der Waals surface area contributed by atoms with Gasteiger partial charge in [-0.3, -0.25) is 9.78 Å². The fraction of sp³-hybridized carbons (Fsp3) is 0.400. The predicted molar refractivity (Wildman–Crippen MR) is 93.6 cm³/mol. The average molecular weight is 338 g/mol. The SMILES string of the molecule is COc1ccc2c(c1)OCC(C(=O)N1CCCC1c1ccccn1)C2. The third-order valence-corrected chi connectivity index (χ3v) is 5.09. The summed E-state index contributed by atoms with van der Waals surface area (Å²) < 4.78 is 11.1. The first kappa shape index (κ1) is 15.9. The molecule has 0 saturated carbocycles. The second kappa shape index (κ2) is 6.75. The second-order valence-corrected chi connectivity index (χ2v) is 6.63. The average Bonchev–Trinajstić information content (AvgIpc) is 3.17. The van der Waals surface area contributed by atoms with E-state index >= 15 is 0 Å². The smallest absolute Gasteiger partial charge is 0.230 e. The number of amides is 1. The van der Waals surface area contributed by atoms with Gasteiger partial charge in [0.15, 0.2) is 0 Å². The van der Waals surface area contributed by atoms with Gasteiger partial charge in [0, 0.05) is 18.8 Å². The molecule has 2 atom stereocenters. The molecule has 0 bridgehead atoms. The Morgan fingerprint density at radius 1 is 1.32 bits per heavy atom. The molecule has 2 unspecified atom stereocenters. The third-order valence-electron chi connectivity index (χ3n) is 5.09. The van der Waals surface area contributed by atoms with Crippen LogP contribution in [0.15, 0.2) is 42.6 Å². The van der Waals surface area contributed by atoms with Crippen molar-refractivity contribution < 1.29 is 14.3 Å². The van der Waals surface area contributed by atoms with Gasteiger partial charge in [-0.25, -0.2) is 0 Å². The fourth-order valence-electron chi connectivity index (χ4n) is 3.78. The molecule has 0 spiro atoms. The topological polar surface area (TPSA) is 51.7 Å². The molecular formula is C20H22N2O3. The minimum atomic E-state index is -0.134. The van der Waals surface area contributed by atoms with Crippen molar-refractivity contribution in [2.75, 3.05) is 20.3 Å². The number of hydrogen-bond donors (Lipinski definition) is 0. The minimum absolute atomic E-state index is 0.0889. The summed E-state index contributed by atoms with van der Waals surface area (Å²) in [5.74, 6) is 1.64. The first-order chi connectivity index (χ1) is 12.3. The fourth-order valence-corrected chi connectivity index (χ4v) is 3.78. The van der Waals surface area contributed by atoms with Gasteiger partial charge in [0.05, 0.1) is 24.8 Å². The van der Waals surface area contributed by atoms with Gasteiger partial charge in [-0.1, -0.05) is 12.1 Å². The number of methoxy groups -OCH3 is 1. The van der Waals surface area contributed by atoms with Gasteiger partial charge in [0.1, 0.15) is 18.1 Å². The normalized spacial score (nSPS) is 22.2. The maximum Gasteiger partial charge on any atom is 0.230 e. The van der Waals surface area contributed by atoms with Crippen LogP contribution in [-0.2, 0) is 11.2 Å². The molecule has 25 heavy (non-hydrogen) atoms. The molecule has 2 aliphatic heterocycles. The number of aromatic nitrogens is 1. The van der Waals surface area contributed by atoms with Crippen LogP contribution in [0.1, 0.15) is 30.1 Å². The third kappa shape index (κ3) is 3.06. The van der Waals surface area contributed by atoms with E-state index in [0.29, 0.717) is 13.0 Å². The highest BCUT2D eigenvalue weighted by atomic mass is 16.5. The van der Waals surface area contributed by atoms with Gasteiger partial charge in [-0.05, 0) is 43.0 Å². The van der Waals surface area contributed by atoms with Crippen molar-refractivity contribution in [2.24, 2.45) is 5.92 Å². The largest absolute Gasteiger partial charge is 0.497 e. The quantitative estimate of drug-likeness (QED) is 0.863. The van der Waals surface area contributed by atoms with E-state index in [9.17, 15) is 4.79 Å². The summed E-state index contributed by atoms with van der Waals surface area (Å²) in [6.07, 6.45) is 4.51. The van der Waals surface area contributed by atoms with Crippen LogP contribution in [0.2, 0.25) is 0 Å². The first-order valence-electron chi connectivity index (χ1n) is 8.77. The van der Waals surface area contributed by atoms with Crippen LogP contribution >= 0.6 is 0 Å². The van der Waals surface area contributed by atoms with Crippen molar-refractivity contribution >= 4 is 5.91 Å². The van der Waals surface area contributed by atoms with Crippen molar-refractivity contribution in [3.8, 4) is 11.5 Å². The number of rotatable bonds is 3. The Morgan fingerprint density at radius 2 is 2.24 bits per heavy atom. The van der Waals surface area contributed by atoms with Gasteiger partial charge >= 0.3 is 0 Å². The van der Waals surface area contributed by atoms with Crippen LogP contribution in [0.4, 0.5) is 0 Å². The Morgan fingerprint density at radius 3 is 3.04 bits per heavy atom. The summed E-state index contributed by atoms with van der Waals surface area (Å²) in [5.41, 5.74) is 2.05. The zero-order valence-corrected chi connectivity index (χ0v) is 14.4. The number of carbonyl (C=O) groups excluding carboxylic acids is 1. The molecule has 0 radical (unpaired) electrons. The molecule has 1 fully saturated rings. The molecule has 1 amide bonds. The zero-order chi connectivity index (χ0) is 17.2. The lowest BCUT2D eigenvalue weighted by Crippen LogP contribution is -2.40. The highest BCUT2D eigenvalue weighted by molar-refractivity contribution is 5.80. The standard InChI is InChI=1S/C20H22N2O3/c1-24-16-8-7-14-11-15(13-25-19(14)12-16)20(23)22-10-4-6-18(22)17-5-2-3-9-21-17/h2-3,5,7-9,12,15,18H,4,6,10-11,13H2,1H3. The number of hydrogen-bond acceptors (Lipinski definition) is 4. The molecule has 130 valence electrons. The van der Waals surface area contributed by atoms with Crippen LogP contribution in [0.25, 0.3) is 0 Å². The Balaban J connectivity index is 1.51. The number of pyridine rings is 1. The summed E-state index contributed by atoms with van der Waals surface area (Å²) >= 11 is 0. The lowest BCUT2D eigenvalue weighted by atomic mass is 9.95. The van der Waals surface area contributed by atoms with Crippen molar-refractivity contribution in [3.05, 3.63) is 53.9 Å². The lowest BCUT2D eigenvalue weighted by Gasteiger charge is -2.31. The molecule has 0 N–H and O–H groups in total.